The van der Waals surface area contributed by atoms with Gasteiger partial charge in [0.05, 0.1) is 6.61 Å². The fraction of sp³-hybridized carbons (Fsp3) is 0.412. The van der Waals surface area contributed by atoms with E-state index in [4.69, 9.17) is 9.47 Å². The van der Waals surface area contributed by atoms with Gasteiger partial charge in [-0.2, -0.15) is 4.39 Å². The van der Waals surface area contributed by atoms with Gasteiger partial charge in [-0.3, -0.25) is 0 Å². The van der Waals surface area contributed by atoms with Gasteiger partial charge in [-0.1, -0.05) is 30.4 Å². The Labute approximate surface area is 118 Å². The molecule has 0 aromatic heterocycles. The first-order chi connectivity index (χ1) is 9.74. The van der Waals surface area contributed by atoms with Crippen LogP contribution in [0.15, 0.2) is 36.4 Å². The Balaban J connectivity index is 1.90. The standard InChI is InChI=1S/C17H19FO2/c1-3-5-11-6-7-12-13-8-9-14(19-4-2)16(18)17(13)20-15(12)10-11/h3,5,8-9,12,15H,1,4,6-7,10H2,2H3/b11-5+/t12-,15?/m0/s1. The molecule has 0 spiro atoms. The average molecular weight is 274 g/mol. The normalized spacial score (nSPS) is 25.8. The summed E-state index contributed by atoms with van der Waals surface area (Å²) in [6.45, 7) is 6.03. The molecule has 0 bridgehead atoms. The molecule has 2 nitrogen and oxygen atoms in total. The maximum absolute atomic E-state index is 14.4. The highest BCUT2D eigenvalue weighted by Gasteiger charge is 2.39. The highest BCUT2D eigenvalue weighted by atomic mass is 19.1. The molecule has 2 aliphatic rings. The van der Waals surface area contributed by atoms with Gasteiger partial charge in [0.25, 0.3) is 0 Å². The molecule has 0 radical (unpaired) electrons. The van der Waals surface area contributed by atoms with Crippen LogP contribution in [0.25, 0.3) is 0 Å². The number of benzene rings is 1. The van der Waals surface area contributed by atoms with Crippen LogP contribution in [-0.2, 0) is 0 Å². The van der Waals surface area contributed by atoms with E-state index >= 15 is 0 Å². The highest BCUT2D eigenvalue weighted by molar-refractivity contribution is 5.48. The maximum atomic E-state index is 14.4. The van der Waals surface area contributed by atoms with Crippen molar-refractivity contribution in [1.29, 1.82) is 0 Å². The lowest BCUT2D eigenvalue weighted by Gasteiger charge is -2.26. The zero-order chi connectivity index (χ0) is 14.1. The van der Waals surface area contributed by atoms with Gasteiger partial charge in [0.15, 0.2) is 11.5 Å². The van der Waals surface area contributed by atoms with Crippen molar-refractivity contribution in [2.24, 2.45) is 0 Å². The lowest BCUT2D eigenvalue weighted by molar-refractivity contribution is 0.179. The molecule has 20 heavy (non-hydrogen) atoms. The van der Waals surface area contributed by atoms with E-state index in [0.29, 0.717) is 18.3 Å². The van der Waals surface area contributed by atoms with E-state index in [1.54, 1.807) is 6.07 Å². The third-order valence-electron chi connectivity index (χ3n) is 4.10. The monoisotopic (exact) mass is 274 g/mol. The van der Waals surface area contributed by atoms with Crippen molar-refractivity contribution in [3.63, 3.8) is 0 Å². The predicted octanol–water partition coefficient (Wildman–Crippen LogP) is 4.37. The Bertz CT molecular complexity index is 562. The molecule has 1 aliphatic heterocycles. The summed E-state index contributed by atoms with van der Waals surface area (Å²) in [7, 11) is 0. The largest absolute Gasteiger partial charge is 0.491 e. The summed E-state index contributed by atoms with van der Waals surface area (Å²) in [5.74, 6) is 0.627. The SMILES string of the molecule is C=C/C=C1\CC[C@H]2c3ccc(OCC)c(F)c3OC2C1. The van der Waals surface area contributed by atoms with Crippen LogP contribution in [-0.4, -0.2) is 12.7 Å². The van der Waals surface area contributed by atoms with Gasteiger partial charge in [0, 0.05) is 17.9 Å². The van der Waals surface area contributed by atoms with E-state index in [1.807, 2.05) is 25.1 Å². The second-order valence-corrected chi connectivity index (χ2v) is 5.30. The first kappa shape index (κ1) is 13.2. The molecule has 1 fully saturated rings. The van der Waals surface area contributed by atoms with Crippen molar-refractivity contribution < 1.29 is 13.9 Å². The van der Waals surface area contributed by atoms with Crippen molar-refractivity contribution in [2.75, 3.05) is 6.61 Å². The van der Waals surface area contributed by atoms with Gasteiger partial charge >= 0.3 is 0 Å². The number of ether oxygens (including phenoxy) is 2. The van der Waals surface area contributed by atoms with Gasteiger partial charge < -0.3 is 9.47 Å². The molecule has 0 amide bonds. The lowest BCUT2D eigenvalue weighted by Crippen LogP contribution is -2.23. The summed E-state index contributed by atoms with van der Waals surface area (Å²) >= 11 is 0. The van der Waals surface area contributed by atoms with Crippen LogP contribution in [0.2, 0.25) is 0 Å². The Hall–Kier alpha value is -1.77. The fourth-order valence-electron chi connectivity index (χ4n) is 3.21. The third-order valence-corrected chi connectivity index (χ3v) is 4.10. The number of rotatable bonds is 3. The summed E-state index contributed by atoms with van der Waals surface area (Å²) in [4.78, 5) is 0. The summed E-state index contributed by atoms with van der Waals surface area (Å²) < 4.78 is 25.5. The summed E-state index contributed by atoms with van der Waals surface area (Å²) in [6, 6.07) is 3.68. The first-order valence-electron chi connectivity index (χ1n) is 7.17. The van der Waals surface area contributed by atoms with Crippen LogP contribution in [0.4, 0.5) is 4.39 Å². The molecule has 3 heteroatoms. The van der Waals surface area contributed by atoms with E-state index in [9.17, 15) is 4.39 Å². The smallest absolute Gasteiger partial charge is 0.207 e. The lowest BCUT2D eigenvalue weighted by atomic mass is 9.80. The molecule has 1 saturated carbocycles. The quantitative estimate of drug-likeness (QED) is 0.815. The summed E-state index contributed by atoms with van der Waals surface area (Å²) in [6.07, 6.45) is 6.80. The molecule has 1 aromatic rings. The molecule has 0 N–H and O–H groups in total. The van der Waals surface area contributed by atoms with Crippen LogP contribution in [0.3, 0.4) is 0 Å². The van der Waals surface area contributed by atoms with Crippen LogP contribution < -0.4 is 9.47 Å². The van der Waals surface area contributed by atoms with Gasteiger partial charge in [0.2, 0.25) is 5.82 Å². The van der Waals surface area contributed by atoms with E-state index in [0.717, 1.165) is 24.8 Å². The van der Waals surface area contributed by atoms with Crippen molar-refractivity contribution >= 4 is 0 Å². The van der Waals surface area contributed by atoms with Crippen LogP contribution >= 0.6 is 0 Å². The topological polar surface area (TPSA) is 18.5 Å². The molecule has 1 aromatic carbocycles. The van der Waals surface area contributed by atoms with Gasteiger partial charge in [-0.15, -0.1) is 0 Å². The Morgan fingerprint density at radius 1 is 1.50 bits per heavy atom. The van der Waals surface area contributed by atoms with Gasteiger partial charge in [0.1, 0.15) is 6.10 Å². The van der Waals surface area contributed by atoms with E-state index in [2.05, 4.69) is 6.58 Å². The van der Waals surface area contributed by atoms with Crippen molar-refractivity contribution in [2.45, 2.75) is 38.2 Å². The first-order valence-corrected chi connectivity index (χ1v) is 7.17. The minimum absolute atomic E-state index is 0.0522. The minimum atomic E-state index is -0.354. The Kier molecular flexibility index (Phi) is 3.51. The van der Waals surface area contributed by atoms with E-state index in [1.165, 1.54) is 5.57 Å². The van der Waals surface area contributed by atoms with Crippen molar-refractivity contribution in [3.8, 4) is 11.5 Å². The number of halogens is 1. The zero-order valence-corrected chi connectivity index (χ0v) is 11.7. The van der Waals surface area contributed by atoms with Crippen LogP contribution in [0, 0.1) is 5.82 Å². The van der Waals surface area contributed by atoms with Crippen LogP contribution in [0.1, 0.15) is 37.7 Å². The second-order valence-electron chi connectivity index (χ2n) is 5.30. The molecule has 3 rings (SSSR count). The summed E-state index contributed by atoms with van der Waals surface area (Å²) in [5, 5.41) is 0. The van der Waals surface area contributed by atoms with Crippen LogP contribution in [0.5, 0.6) is 11.5 Å². The highest BCUT2D eigenvalue weighted by Crippen LogP contribution is 2.49. The predicted molar refractivity (Wildman–Crippen MR) is 76.9 cm³/mol. The minimum Gasteiger partial charge on any atom is -0.491 e. The number of fused-ring (bicyclic) bond motifs is 3. The Morgan fingerprint density at radius 3 is 3.10 bits per heavy atom. The van der Waals surface area contributed by atoms with Gasteiger partial charge in [-0.25, -0.2) is 0 Å². The molecule has 1 aliphatic carbocycles. The molecular formula is C17H19FO2. The van der Waals surface area contributed by atoms with E-state index in [-0.39, 0.29) is 17.7 Å². The molecule has 106 valence electrons. The third kappa shape index (κ3) is 2.11. The molecule has 1 heterocycles. The number of hydrogen-bond acceptors (Lipinski definition) is 2. The van der Waals surface area contributed by atoms with Crippen molar-refractivity contribution in [3.05, 3.63) is 47.8 Å². The van der Waals surface area contributed by atoms with Crippen molar-refractivity contribution in [1.82, 2.24) is 0 Å². The van der Waals surface area contributed by atoms with Gasteiger partial charge in [-0.05, 0) is 25.8 Å². The average Bonchev–Trinajstić information content (AvgIpc) is 2.81. The molecular weight excluding hydrogens is 255 g/mol. The number of hydrogen-bond donors (Lipinski definition) is 0. The molecule has 0 saturated heterocycles. The molecule has 1 unspecified atom stereocenters. The Morgan fingerprint density at radius 2 is 2.35 bits per heavy atom. The maximum Gasteiger partial charge on any atom is 0.207 e. The van der Waals surface area contributed by atoms with E-state index < -0.39 is 0 Å². The number of allylic oxidation sites excluding steroid dienone is 2. The molecule has 2 atom stereocenters. The summed E-state index contributed by atoms with van der Waals surface area (Å²) in [5.41, 5.74) is 2.33. The zero-order valence-electron chi connectivity index (χ0n) is 11.7. The fourth-order valence-corrected chi connectivity index (χ4v) is 3.21. The second kappa shape index (κ2) is 5.31.